The summed E-state index contributed by atoms with van der Waals surface area (Å²) in [5, 5.41) is 4.50. The van der Waals surface area contributed by atoms with Crippen LogP contribution in [0, 0.1) is 0 Å². The number of methoxy groups -OCH3 is 1. The molecule has 69 valence electrons. The summed E-state index contributed by atoms with van der Waals surface area (Å²) in [5.74, 6) is 0.946. The molecular weight excluding hydrogens is 229 g/mol. The Morgan fingerprint density at radius 2 is 2.46 bits per heavy atom. The molecule has 1 unspecified atom stereocenters. The van der Waals surface area contributed by atoms with Crippen LogP contribution in [0.5, 0.6) is 5.75 Å². The van der Waals surface area contributed by atoms with Crippen LogP contribution in [0.1, 0.15) is 5.56 Å². The molecule has 0 aromatic heterocycles. The third kappa shape index (κ3) is 1.67. The van der Waals surface area contributed by atoms with Crippen LogP contribution in [-0.2, 0) is 6.42 Å². The third-order valence-electron chi connectivity index (χ3n) is 2.34. The van der Waals surface area contributed by atoms with Gasteiger partial charge < -0.3 is 0 Å². The topological polar surface area (TPSA) is 21.3 Å². The molecule has 1 aliphatic heterocycles. The molecular formula is C10H12NOSe. The first-order valence-corrected chi connectivity index (χ1v) is 5.56. The Bertz CT molecular complexity index is 314. The van der Waals surface area contributed by atoms with Crippen molar-refractivity contribution in [2.45, 2.75) is 17.8 Å². The van der Waals surface area contributed by atoms with Gasteiger partial charge in [-0.2, -0.15) is 0 Å². The van der Waals surface area contributed by atoms with E-state index in [0.29, 0.717) is 6.04 Å². The summed E-state index contributed by atoms with van der Waals surface area (Å²) in [6.07, 6.45) is 1.10. The predicted molar refractivity (Wildman–Crippen MR) is 54.7 cm³/mol. The van der Waals surface area contributed by atoms with E-state index >= 15 is 0 Å². The third-order valence-corrected chi connectivity index (χ3v) is 3.18. The minimum atomic E-state index is 0.558. The average Bonchev–Trinajstić information content (AvgIpc) is 2.58. The second-order valence-electron chi connectivity index (χ2n) is 3.24. The first-order valence-electron chi connectivity index (χ1n) is 4.35. The van der Waals surface area contributed by atoms with Gasteiger partial charge in [0.15, 0.2) is 0 Å². The van der Waals surface area contributed by atoms with Gasteiger partial charge in [0, 0.05) is 0 Å². The van der Waals surface area contributed by atoms with Crippen molar-refractivity contribution >= 4 is 21.7 Å². The Kier molecular flexibility index (Phi) is 2.47. The zero-order valence-corrected chi connectivity index (χ0v) is 9.25. The second-order valence-corrected chi connectivity index (χ2v) is 3.93. The molecule has 0 fully saturated rings. The summed E-state index contributed by atoms with van der Waals surface area (Å²) in [6, 6.07) is 6.75. The van der Waals surface area contributed by atoms with Crippen LogP contribution < -0.4 is 10.1 Å². The Morgan fingerprint density at radius 3 is 3.15 bits per heavy atom. The molecule has 0 amide bonds. The van der Waals surface area contributed by atoms with Crippen LogP contribution >= 0.6 is 0 Å². The van der Waals surface area contributed by atoms with E-state index in [0.717, 1.165) is 17.5 Å². The Balaban J connectivity index is 2.25. The van der Waals surface area contributed by atoms with Gasteiger partial charge in [0.25, 0.3) is 0 Å². The van der Waals surface area contributed by atoms with Gasteiger partial charge in [-0.15, -0.1) is 0 Å². The van der Waals surface area contributed by atoms with Gasteiger partial charge >= 0.3 is 86.2 Å². The van der Waals surface area contributed by atoms with E-state index in [1.807, 2.05) is 6.07 Å². The van der Waals surface area contributed by atoms with Gasteiger partial charge in [0.1, 0.15) is 0 Å². The van der Waals surface area contributed by atoms with E-state index in [1.54, 1.807) is 7.11 Å². The van der Waals surface area contributed by atoms with Gasteiger partial charge in [0.05, 0.1) is 0 Å². The van der Waals surface area contributed by atoms with E-state index in [-0.39, 0.29) is 0 Å². The van der Waals surface area contributed by atoms with Crippen molar-refractivity contribution in [2.24, 2.45) is 0 Å². The summed E-state index contributed by atoms with van der Waals surface area (Å²) in [5.41, 5.74) is 2.61. The van der Waals surface area contributed by atoms with Crippen molar-refractivity contribution in [3.8, 4) is 5.75 Å². The molecule has 0 saturated heterocycles. The molecule has 0 spiro atoms. The first kappa shape index (κ1) is 8.92. The number of rotatable bonds is 2. The molecule has 13 heavy (non-hydrogen) atoms. The quantitative estimate of drug-likeness (QED) is 0.794. The number of hydrogen-bond donors (Lipinski definition) is 1. The fraction of sp³-hybridized carbons (Fsp3) is 0.400. The zero-order valence-electron chi connectivity index (χ0n) is 7.54. The number of anilines is 1. The van der Waals surface area contributed by atoms with E-state index in [9.17, 15) is 0 Å². The van der Waals surface area contributed by atoms with Crippen molar-refractivity contribution in [3.05, 3.63) is 23.8 Å². The second kappa shape index (κ2) is 3.60. The van der Waals surface area contributed by atoms with Gasteiger partial charge in [-0.1, -0.05) is 0 Å². The summed E-state index contributed by atoms with van der Waals surface area (Å²) in [6.45, 7) is 0. The molecule has 2 rings (SSSR count). The Morgan fingerprint density at radius 1 is 1.62 bits per heavy atom. The van der Waals surface area contributed by atoms with Crippen LogP contribution in [0.2, 0.25) is 5.32 Å². The molecule has 1 radical (unpaired) electrons. The van der Waals surface area contributed by atoms with E-state index < -0.39 is 0 Å². The van der Waals surface area contributed by atoms with Crippen molar-refractivity contribution in [1.82, 2.24) is 0 Å². The number of fused-ring (bicyclic) bond motifs is 1. The van der Waals surface area contributed by atoms with Crippen LogP contribution in [-0.4, -0.2) is 29.2 Å². The number of ether oxygens (including phenoxy) is 1. The number of hydrogen-bond acceptors (Lipinski definition) is 2. The standard InChI is InChI=1S/C10H12NOSe/c1-12-9-2-3-10-7(5-9)4-8(6-13)11-10/h2-3,5,8,11H,4,6H2,1H3. The van der Waals surface area contributed by atoms with Crippen molar-refractivity contribution in [3.63, 3.8) is 0 Å². The molecule has 1 atom stereocenters. The van der Waals surface area contributed by atoms with Crippen molar-refractivity contribution < 1.29 is 4.74 Å². The monoisotopic (exact) mass is 242 g/mol. The zero-order chi connectivity index (χ0) is 9.26. The van der Waals surface area contributed by atoms with Crippen LogP contribution in [0.15, 0.2) is 18.2 Å². The molecule has 1 N–H and O–H groups in total. The van der Waals surface area contributed by atoms with Gasteiger partial charge in [-0.3, -0.25) is 0 Å². The molecule has 0 saturated carbocycles. The maximum absolute atomic E-state index is 5.17. The van der Waals surface area contributed by atoms with Crippen molar-refractivity contribution in [2.75, 3.05) is 12.4 Å². The summed E-state index contributed by atoms with van der Waals surface area (Å²) in [7, 11) is 1.70. The molecule has 1 aromatic carbocycles. The summed E-state index contributed by atoms with van der Waals surface area (Å²) < 4.78 is 5.17. The maximum atomic E-state index is 5.17. The molecule has 1 aromatic rings. The first-order chi connectivity index (χ1) is 6.33. The molecule has 1 aliphatic rings. The average molecular weight is 241 g/mol. The van der Waals surface area contributed by atoms with Crippen LogP contribution in [0.3, 0.4) is 0 Å². The number of benzene rings is 1. The Hall–Kier alpha value is -0.661. The Labute approximate surface area is 86.5 Å². The van der Waals surface area contributed by atoms with Gasteiger partial charge in [-0.25, -0.2) is 0 Å². The van der Waals surface area contributed by atoms with Gasteiger partial charge in [0.2, 0.25) is 0 Å². The SMILES string of the molecule is COc1ccc2c(c1)CC(C[Se])N2. The van der Waals surface area contributed by atoms with E-state index in [2.05, 4.69) is 33.5 Å². The molecule has 2 nitrogen and oxygen atoms in total. The van der Waals surface area contributed by atoms with E-state index in [1.165, 1.54) is 11.3 Å². The summed E-state index contributed by atoms with van der Waals surface area (Å²) in [4.78, 5) is 0. The summed E-state index contributed by atoms with van der Waals surface area (Å²) >= 11 is 3.05. The molecule has 0 aliphatic carbocycles. The van der Waals surface area contributed by atoms with E-state index in [4.69, 9.17) is 4.74 Å². The molecule has 1 heterocycles. The van der Waals surface area contributed by atoms with Crippen molar-refractivity contribution in [1.29, 1.82) is 0 Å². The fourth-order valence-corrected chi connectivity index (χ4v) is 2.07. The molecule has 3 heteroatoms. The number of nitrogens with one attached hydrogen (secondary N) is 1. The minimum absolute atomic E-state index is 0.558. The van der Waals surface area contributed by atoms with Crippen LogP contribution in [0.4, 0.5) is 5.69 Å². The predicted octanol–water partition coefficient (Wildman–Crippen LogP) is 1.62. The van der Waals surface area contributed by atoms with Gasteiger partial charge in [-0.05, 0) is 0 Å². The normalized spacial score (nSPS) is 19.4. The molecule has 0 bridgehead atoms. The fourth-order valence-electron chi connectivity index (χ4n) is 1.64. The van der Waals surface area contributed by atoms with Crippen LogP contribution in [0.25, 0.3) is 0 Å².